The van der Waals surface area contributed by atoms with Gasteiger partial charge in [0.25, 0.3) is 0 Å². The van der Waals surface area contributed by atoms with E-state index in [9.17, 15) is 13.2 Å². The first-order valence-electron chi connectivity index (χ1n) is 6.32. The second-order valence-corrected chi connectivity index (χ2v) is 7.27. The Kier molecular flexibility index (Phi) is 4.09. The highest BCUT2D eigenvalue weighted by molar-refractivity contribution is 7.89. The lowest BCUT2D eigenvalue weighted by molar-refractivity contribution is 0.0696. The Labute approximate surface area is 123 Å². The van der Waals surface area contributed by atoms with Gasteiger partial charge in [-0.25, -0.2) is 17.9 Å². The molecular weight excluding hydrogens is 302 g/mol. The van der Waals surface area contributed by atoms with Crippen molar-refractivity contribution < 1.29 is 18.3 Å². The fourth-order valence-electron chi connectivity index (χ4n) is 2.00. The summed E-state index contributed by atoms with van der Waals surface area (Å²) >= 11 is 5.87. The normalized spacial score (nSPS) is 16.9. The van der Waals surface area contributed by atoms with Crippen LogP contribution in [0.3, 0.4) is 0 Å². The maximum Gasteiger partial charge on any atom is 0.335 e. The maximum absolute atomic E-state index is 12.2. The standard InChI is InChI=1S/C13H16ClNO4S/c1-2-13(5-6-13)8-15-20(18,19)11-7-9(12(16)17)3-4-10(11)14/h3-4,7,15H,2,5-6,8H2,1H3,(H,16,17). The first kappa shape index (κ1) is 15.3. The van der Waals surface area contributed by atoms with Gasteiger partial charge in [-0.1, -0.05) is 18.5 Å². The van der Waals surface area contributed by atoms with Crippen LogP contribution in [0, 0.1) is 5.41 Å². The van der Waals surface area contributed by atoms with Crippen LogP contribution in [0.15, 0.2) is 23.1 Å². The summed E-state index contributed by atoms with van der Waals surface area (Å²) in [4.78, 5) is 10.7. The molecule has 0 spiro atoms. The molecule has 1 saturated carbocycles. The molecule has 0 saturated heterocycles. The highest BCUT2D eigenvalue weighted by Gasteiger charge is 2.41. The SMILES string of the molecule is CCC1(CNS(=O)(=O)c2cc(C(=O)O)ccc2Cl)CC1. The minimum atomic E-state index is -3.80. The molecule has 2 N–H and O–H groups in total. The number of sulfonamides is 1. The van der Waals surface area contributed by atoms with Crippen LogP contribution in [-0.4, -0.2) is 26.0 Å². The van der Waals surface area contributed by atoms with E-state index in [0.717, 1.165) is 25.3 Å². The van der Waals surface area contributed by atoms with Crippen molar-refractivity contribution in [3.63, 3.8) is 0 Å². The van der Waals surface area contributed by atoms with Gasteiger partial charge in [-0.05, 0) is 42.9 Å². The van der Waals surface area contributed by atoms with Crippen molar-refractivity contribution in [3.8, 4) is 0 Å². The summed E-state index contributed by atoms with van der Waals surface area (Å²) < 4.78 is 27.0. The molecule has 110 valence electrons. The lowest BCUT2D eigenvalue weighted by Crippen LogP contribution is -2.30. The largest absolute Gasteiger partial charge is 0.478 e. The predicted octanol–water partition coefficient (Wildman–Crippen LogP) is 2.51. The molecule has 5 nitrogen and oxygen atoms in total. The van der Waals surface area contributed by atoms with Crippen molar-refractivity contribution in [2.75, 3.05) is 6.54 Å². The van der Waals surface area contributed by atoms with Gasteiger partial charge in [0.15, 0.2) is 0 Å². The van der Waals surface area contributed by atoms with Crippen molar-refractivity contribution >= 4 is 27.6 Å². The van der Waals surface area contributed by atoms with Gasteiger partial charge in [-0.3, -0.25) is 0 Å². The summed E-state index contributed by atoms with van der Waals surface area (Å²) in [5.74, 6) is -1.19. The van der Waals surface area contributed by atoms with Gasteiger partial charge in [0.1, 0.15) is 4.90 Å². The van der Waals surface area contributed by atoms with Gasteiger partial charge in [-0.2, -0.15) is 0 Å². The summed E-state index contributed by atoms with van der Waals surface area (Å²) in [6.45, 7) is 2.39. The monoisotopic (exact) mass is 317 g/mol. The molecule has 0 radical (unpaired) electrons. The van der Waals surface area contributed by atoms with Crippen molar-refractivity contribution in [2.45, 2.75) is 31.1 Å². The molecule has 0 atom stereocenters. The Hall–Kier alpha value is -1.11. The molecule has 20 heavy (non-hydrogen) atoms. The van der Waals surface area contributed by atoms with E-state index < -0.39 is 16.0 Å². The van der Waals surface area contributed by atoms with E-state index in [0.29, 0.717) is 6.54 Å². The number of hydrogen-bond acceptors (Lipinski definition) is 3. The molecule has 1 aromatic carbocycles. The Bertz CT molecular complexity index is 638. The van der Waals surface area contributed by atoms with Crippen LogP contribution in [-0.2, 0) is 10.0 Å². The van der Waals surface area contributed by atoms with Crippen LogP contribution in [0.5, 0.6) is 0 Å². The molecule has 0 aromatic heterocycles. The minimum Gasteiger partial charge on any atom is -0.478 e. The molecule has 1 fully saturated rings. The highest BCUT2D eigenvalue weighted by Crippen LogP contribution is 2.48. The average molecular weight is 318 g/mol. The molecule has 0 aliphatic heterocycles. The second-order valence-electron chi connectivity index (χ2n) is 5.13. The molecule has 2 rings (SSSR count). The van der Waals surface area contributed by atoms with Crippen LogP contribution in [0.2, 0.25) is 5.02 Å². The number of aromatic carboxylic acids is 1. The zero-order chi connectivity index (χ0) is 15.0. The number of carboxylic acid groups (broad SMARTS) is 1. The van der Waals surface area contributed by atoms with Gasteiger partial charge >= 0.3 is 5.97 Å². The van der Waals surface area contributed by atoms with E-state index in [-0.39, 0.29) is 20.9 Å². The maximum atomic E-state index is 12.2. The van der Waals surface area contributed by atoms with Crippen LogP contribution in [0.25, 0.3) is 0 Å². The van der Waals surface area contributed by atoms with E-state index in [4.69, 9.17) is 16.7 Å². The number of nitrogens with one attached hydrogen (secondary N) is 1. The van der Waals surface area contributed by atoms with Crippen molar-refractivity contribution in [1.29, 1.82) is 0 Å². The smallest absolute Gasteiger partial charge is 0.335 e. The van der Waals surface area contributed by atoms with Gasteiger partial charge in [0.2, 0.25) is 10.0 Å². The molecule has 0 amide bonds. The van der Waals surface area contributed by atoms with Crippen LogP contribution in [0.1, 0.15) is 36.5 Å². The quantitative estimate of drug-likeness (QED) is 0.844. The van der Waals surface area contributed by atoms with Crippen LogP contribution in [0.4, 0.5) is 0 Å². The van der Waals surface area contributed by atoms with Crippen LogP contribution < -0.4 is 4.72 Å². The topological polar surface area (TPSA) is 83.5 Å². The average Bonchev–Trinajstić information content (AvgIpc) is 3.17. The van der Waals surface area contributed by atoms with Crippen molar-refractivity contribution in [3.05, 3.63) is 28.8 Å². The van der Waals surface area contributed by atoms with Crippen LogP contribution >= 0.6 is 11.6 Å². The third-order valence-electron chi connectivity index (χ3n) is 3.81. The summed E-state index contributed by atoms with van der Waals surface area (Å²) in [6, 6.07) is 3.64. The molecule has 7 heteroatoms. The lowest BCUT2D eigenvalue weighted by atomic mass is 10.1. The molecule has 0 heterocycles. The number of halogens is 1. The van der Waals surface area contributed by atoms with E-state index >= 15 is 0 Å². The van der Waals surface area contributed by atoms with E-state index in [2.05, 4.69) is 4.72 Å². The fourth-order valence-corrected chi connectivity index (χ4v) is 3.68. The van der Waals surface area contributed by atoms with E-state index in [1.54, 1.807) is 0 Å². The van der Waals surface area contributed by atoms with Crippen molar-refractivity contribution in [2.24, 2.45) is 5.41 Å². The summed E-state index contributed by atoms with van der Waals surface area (Å²) in [5.41, 5.74) is -0.0457. The molecule has 0 unspecified atom stereocenters. The number of rotatable bonds is 6. The summed E-state index contributed by atoms with van der Waals surface area (Å²) in [6.07, 6.45) is 2.93. The third-order valence-corrected chi connectivity index (χ3v) is 5.69. The molecular formula is C13H16ClNO4S. The number of benzene rings is 1. The van der Waals surface area contributed by atoms with E-state index in [1.165, 1.54) is 12.1 Å². The van der Waals surface area contributed by atoms with Gasteiger partial charge in [0.05, 0.1) is 10.6 Å². The zero-order valence-electron chi connectivity index (χ0n) is 11.0. The Balaban J connectivity index is 2.24. The number of hydrogen-bond donors (Lipinski definition) is 2. The highest BCUT2D eigenvalue weighted by atomic mass is 35.5. The second kappa shape index (κ2) is 5.35. The predicted molar refractivity (Wildman–Crippen MR) is 75.6 cm³/mol. The van der Waals surface area contributed by atoms with Gasteiger partial charge < -0.3 is 5.11 Å². The number of carboxylic acids is 1. The Morgan fingerprint density at radius 1 is 1.45 bits per heavy atom. The molecule has 0 bridgehead atoms. The van der Waals surface area contributed by atoms with E-state index in [1.807, 2.05) is 6.92 Å². The summed E-state index contributed by atoms with van der Waals surface area (Å²) in [5, 5.41) is 8.93. The zero-order valence-corrected chi connectivity index (χ0v) is 12.6. The lowest BCUT2D eigenvalue weighted by Gasteiger charge is -2.14. The van der Waals surface area contributed by atoms with Crippen molar-refractivity contribution in [1.82, 2.24) is 4.72 Å². The first-order valence-corrected chi connectivity index (χ1v) is 8.18. The van der Waals surface area contributed by atoms with Gasteiger partial charge in [-0.15, -0.1) is 0 Å². The van der Waals surface area contributed by atoms with Gasteiger partial charge in [0, 0.05) is 6.54 Å². The number of carbonyl (C=O) groups is 1. The Morgan fingerprint density at radius 3 is 2.60 bits per heavy atom. The summed E-state index contributed by atoms with van der Waals surface area (Å²) in [7, 11) is -3.80. The molecule has 1 aliphatic carbocycles. The third kappa shape index (κ3) is 3.13. The molecule has 1 aromatic rings. The minimum absolute atomic E-state index is 0.0174. The fraction of sp³-hybridized carbons (Fsp3) is 0.462. The molecule has 1 aliphatic rings. The first-order chi connectivity index (χ1) is 9.30. The Morgan fingerprint density at radius 2 is 2.10 bits per heavy atom.